The van der Waals surface area contributed by atoms with Crippen LogP contribution in [0.4, 0.5) is 5.69 Å². The fraction of sp³-hybridized carbons (Fsp3) is 0.143. The van der Waals surface area contributed by atoms with E-state index in [0.29, 0.717) is 5.56 Å². The van der Waals surface area contributed by atoms with Crippen molar-refractivity contribution in [3.63, 3.8) is 0 Å². The van der Waals surface area contributed by atoms with Crippen molar-refractivity contribution in [1.29, 1.82) is 0 Å². The quantitative estimate of drug-likeness (QED) is 0.669. The number of benzene rings is 1. The number of hydrogen-bond acceptors (Lipinski definition) is 5. The standard InChI is InChI=1S/C14H13N3O4S/c1-8-7-12(9(2)22-8)14(19)16-15-13(18)10-3-5-11(6-4-10)17(20)21/h3-7H,1-2H3,(H,15,18)(H,16,19). The summed E-state index contributed by atoms with van der Waals surface area (Å²) in [4.78, 5) is 35.7. The van der Waals surface area contributed by atoms with E-state index >= 15 is 0 Å². The second kappa shape index (κ2) is 6.35. The van der Waals surface area contributed by atoms with Gasteiger partial charge in [-0.3, -0.25) is 30.6 Å². The summed E-state index contributed by atoms with van der Waals surface area (Å²) in [5.41, 5.74) is 5.21. The van der Waals surface area contributed by atoms with E-state index in [0.717, 1.165) is 9.75 Å². The van der Waals surface area contributed by atoms with E-state index in [-0.39, 0.29) is 11.3 Å². The molecule has 114 valence electrons. The van der Waals surface area contributed by atoms with Gasteiger partial charge in [-0.2, -0.15) is 0 Å². The number of nitrogens with zero attached hydrogens (tertiary/aromatic N) is 1. The van der Waals surface area contributed by atoms with E-state index < -0.39 is 16.7 Å². The molecule has 0 atom stereocenters. The first-order chi connectivity index (χ1) is 10.4. The molecule has 0 aliphatic rings. The fourth-order valence-corrected chi connectivity index (χ4v) is 2.77. The van der Waals surface area contributed by atoms with Gasteiger partial charge in [0.05, 0.1) is 10.5 Å². The summed E-state index contributed by atoms with van der Waals surface area (Å²) in [7, 11) is 0. The van der Waals surface area contributed by atoms with E-state index in [1.54, 1.807) is 6.07 Å². The minimum Gasteiger partial charge on any atom is -0.267 e. The first-order valence-corrected chi connectivity index (χ1v) is 7.12. The van der Waals surface area contributed by atoms with Crippen LogP contribution in [0.2, 0.25) is 0 Å². The topological polar surface area (TPSA) is 101 Å². The predicted octanol–water partition coefficient (Wildman–Crippen LogP) is 2.35. The van der Waals surface area contributed by atoms with Gasteiger partial charge in [0.15, 0.2) is 0 Å². The first kappa shape index (κ1) is 15.6. The molecular formula is C14H13N3O4S. The number of aryl methyl sites for hydroxylation is 2. The summed E-state index contributed by atoms with van der Waals surface area (Å²) in [6, 6.07) is 6.83. The normalized spacial score (nSPS) is 10.1. The number of hydrazine groups is 1. The van der Waals surface area contributed by atoms with Gasteiger partial charge in [-0.05, 0) is 32.0 Å². The maximum absolute atomic E-state index is 11.9. The molecule has 1 heterocycles. The molecule has 0 bridgehead atoms. The molecule has 0 fully saturated rings. The monoisotopic (exact) mass is 319 g/mol. The molecule has 0 unspecified atom stereocenters. The van der Waals surface area contributed by atoms with Crippen molar-refractivity contribution in [2.45, 2.75) is 13.8 Å². The zero-order chi connectivity index (χ0) is 16.3. The Labute approximate surface area is 130 Å². The molecule has 2 N–H and O–H groups in total. The zero-order valence-electron chi connectivity index (χ0n) is 11.9. The van der Waals surface area contributed by atoms with Crippen LogP contribution < -0.4 is 10.9 Å². The van der Waals surface area contributed by atoms with E-state index in [2.05, 4.69) is 10.9 Å². The Kier molecular flexibility index (Phi) is 4.52. The molecule has 2 amide bonds. The van der Waals surface area contributed by atoms with Gasteiger partial charge in [0, 0.05) is 27.5 Å². The highest BCUT2D eigenvalue weighted by molar-refractivity contribution is 7.12. The molecule has 7 nitrogen and oxygen atoms in total. The molecule has 0 spiro atoms. The van der Waals surface area contributed by atoms with Gasteiger partial charge in [-0.15, -0.1) is 11.3 Å². The van der Waals surface area contributed by atoms with E-state index in [9.17, 15) is 19.7 Å². The van der Waals surface area contributed by atoms with Gasteiger partial charge < -0.3 is 0 Å². The molecule has 0 saturated carbocycles. The minimum absolute atomic E-state index is 0.107. The molecule has 22 heavy (non-hydrogen) atoms. The second-order valence-electron chi connectivity index (χ2n) is 4.54. The van der Waals surface area contributed by atoms with Crippen LogP contribution in [-0.4, -0.2) is 16.7 Å². The maximum Gasteiger partial charge on any atom is 0.270 e. The maximum atomic E-state index is 11.9. The van der Waals surface area contributed by atoms with Gasteiger partial charge >= 0.3 is 0 Å². The number of rotatable bonds is 3. The highest BCUT2D eigenvalue weighted by Crippen LogP contribution is 2.20. The van der Waals surface area contributed by atoms with Crippen molar-refractivity contribution in [2.75, 3.05) is 0 Å². The first-order valence-electron chi connectivity index (χ1n) is 6.30. The van der Waals surface area contributed by atoms with E-state index in [1.165, 1.54) is 35.6 Å². The van der Waals surface area contributed by atoms with Crippen LogP contribution >= 0.6 is 11.3 Å². The zero-order valence-corrected chi connectivity index (χ0v) is 12.7. The van der Waals surface area contributed by atoms with Crippen molar-refractivity contribution in [1.82, 2.24) is 10.9 Å². The molecule has 0 aliphatic carbocycles. The van der Waals surface area contributed by atoms with Crippen LogP contribution in [0.1, 0.15) is 30.5 Å². The smallest absolute Gasteiger partial charge is 0.267 e. The number of nitro groups is 1. The fourth-order valence-electron chi connectivity index (χ4n) is 1.84. The number of amides is 2. The number of nitrogens with one attached hydrogen (secondary N) is 2. The molecule has 1 aromatic carbocycles. The lowest BCUT2D eigenvalue weighted by molar-refractivity contribution is -0.384. The second-order valence-corrected chi connectivity index (χ2v) is 6.00. The molecule has 0 aliphatic heterocycles. The Morgan fingerprint density at radius 1 is 1.09 bits per heavy atom. The van der Waals surface area contributed by atoms with Crippen LogP contribution in [-0.2, 0) is 0 Å². The molecule has 0 saturated heterocycles. The minimum atomic E-state index is -0.550. The van der Waals surface area contributed by atoms with Crippen molar-refractivity contribution < 1.29 is 14.5 Å². The van der Waals surface area contributed by atoms with Crippen LogP contribution in [0.15, 0.2) is 30.3 Å². The molecular weight excluding hydrogens is 306 g/mol. The van der Waals surface area contributed by atoms with Crippen molar-refractivity contribution in [3.8, 4) is 0 Å². The lowest BCUT2D eigenvalue weighted by atomic mass is 10.2. The van der Waals surface area contributed by atoms with E-state index in [4.69, 9.17) is 0 Å². The number of nitro benzene ring substituents is 1. The average molecular weight is 319 g/mol. The predicted molar refractivity (Wildman–Crippen MR) is 81.8 cm³/mol. The number of carbonyl (C=O) groups excluding carboxylic acids is 2. The third-order valence-corrected chi connectivity index (χ3v) is 3.88. The summed E-state index contributed by atoms with van der Waals surface area (Å²) in [5, 5.41) is 10.5. The van der Waals surface area contributed by atoms with Gasteiger partial charge in [0.1, 0.15) is 0 Å². The van der Waals surface area contributed by atoms with Crippen LogP contribution in [0.5, 0.6) is 0 Å². The van der Waals surface area contributed by atoms with Gasteiger partial charge in [0.25, 0.3) is 17.5 Å². The summed E-state index contributed by atoms with van der Waals surface area (Å²) in [5.74, 6) is -0.954. The van der Waals surface area contributed by atoms with Crippen molar-refractivity contribution >= 4 is 28.8 Å². The van der Waals surface area contributed by atoms with Crippen molar-refractivity contribution in [3.05, 3.63) is 61.3 Å². The highest BCUT2D eigenvalue weighted by atomic mass is 32.1. The lowest BCUT2D eigenvalue weighted by Gasteiger charge is -2.07. The number of carbonyl (C=O) groups is 2. The summed E-state index contributed by atoms with van der Waals surface area (Å²) >= 11 is 1.50. The van der Waals surface area contributed by atoms with Crippen LogP contribution in [0.3, 0.4) is 0 Å². The Balaban J connectivity index is 1.99. The Bertz CT molecular complexity index is 737. The molecule has 2 rings (SSSR count). The van der Waals surface area contributed by atoms with Crippen molar-refractivity contribution in [2.24, 2.45) is 0 Å². The lowest BCUT2D eigenvalue weighted by Crippen LogP contribution is -2.41. The third kappa shape index (κ3) is 3.47. The summed E-state index contributed by atoms with van der Waals surface area (Å²) in [6.07, 6.45) is 0. The Morgan fingerprint density at radius 3 is 2.18 bits per heavy atom. The molecule has 8 heteroatoms. The molecule has 0 radical (unpaired) electrons. The molecule has 1 aromatic heterocycles. The highest BCUT2D eigenvalue weighted by Gasteiger charge is 2.14. The number of thiophene rings is 1. The van der Waals surface area contributed by atoms with Gasteiger partial charge in [-0.1, -0.05) is 0 Å². The Hall–Kier alpha value is -2.74. The summed E-state index contributed by atoms with van der Waals surface area (Å²) in [6.45, 7) is 3.72. The number of non-ortho nitro benzene ring substituents is 1. The Morgan fingerprint density at radius 2 is 1.68 bits per heavy atom. The van der Waals surface area contributed by atoms with E-state index in [1.807, 2.05) is 13.8 Å². The number of hydrogen-bond donors (Lipinski definition) is 2. The van der Waals surface area contributed by atoms with Gasteiger partial charge in [-0.25, -0.2) is 0 Å². The van der Waals surface area contributed by atoms with Crippen LogP contribution in [0.25, 0.3) is 0 Å². The SMILES string of the molecule is Cc1cc(C(=O)NNC(=O)c2ccc([N+](=O)[O-])cc2)c(C)s1. The van der Waals surface area contributed by atoms with Gasteiger partial charge in [0.2, 0.25) is 0 Å². The summed E-state index contributed by atoms with van der Waals surface area (Å²) < 4.78 is 0. The average Bonchev–Trinajstić information content (AvgIpc) is 2.83. The third-order valence-electron chi connectivity index (χ3n) is 2.92. The largest absolute Gasteiger partial charge is 0.270 e. The molecule has 2 aromatic rings. The van der Waals surface area contributed by atoms with Crippen LogP contribution in [0, 0.1) is 24.0 Å².